The van der Waals surface area contributed by atoms with Crippen LogP contribution in [0.4, 0.5) is 5.69 Å². The molecule has 0 saturated carbocycles. The molecule has 2 amide bonds. The van der Waals surface area contributed by atoms with Gasteiger partial charge >= 0.3 is 0 Å². The van der Waals surface area contributed by atoms with Gasteiger partial charge in [0.25, 0.3) is 11.8 Å². The van der Waals surface area contributed by atoms with E-state index in [2.05, 4.69) is 12.2 Å². The molecule has 3 rings (SSSR count). The molecule has 170 valence electrons. The minimum absolute atomic E-state index is 0.276. The van der Waals surface area contributed by atoms with Crippen molar-refractivity contribution in [2.75, 3.05) is 32.2 Å². The number of amides is 2. The van der Waals surface area contributed by atoms with E-state index in [1.165, 1.54) is 4.90 Å². The number of nitrogens with zero attached hydrogens (tertiary/aromatic N) is 1. The van der Waals surface area contributed by atoms with Gasteiger partial charge in [0.15, 0.2) is 0 Å². The molecule has 1 aliphatic heterocycles. The van der Waals surface area contributed by atoms with Crippen LogP contribution in [-0.2, 0) is 14.3 Å². The van der Waals surface area contributed by atoms with E-state index in [1.54, 1.807) is 7.11 Å². The highest BCUT2D eigenvalue weighted by Gasteiger charge is 2.39. The van der Waals surface area contributed by atoms with Crippen molar-refractivity contribution in [3.63, 3.8) is 0 Å². The number of hydrogen-bond donors (Lipinski definition) is 1. The highest BCUT2D eigenvalue weighted by molar-refractivity contribution is 6.36. The molecule has 0 aliphatic carbocycles. The molecule has 32 heavy (non-hydrogen) atoms. The minimum atomic E-state index is -0.329. The van der Waals surface area contributed by atoms with Gasteiger partial charge in [0, 0.05) is 19.8 Å². The van der Waals surface area contributed by atoms with E-state index >= 15 is 0 Å². The quantitative estimate of drug-likeness (QED) is 0.408. The van der Waals surface area contributed by atoms with Gasteiger partial charge in [-0.2, -0.15) is 0 Å². The molecule has 0 fully saturated rings. The minimum Gasteiger partial charge on any atom is -0.495 e. The van der Waals surface area contributed by atoms with Crippen molar-refractivity contribution in [2.45, 2.75) is 40.0 Å². The standard InChI is InChI=1S/C26H32N2O4/c1-5-6-15-32-16-9-14-28-25(29)23(20-13-12-18(2)17-19(20)3)24(26(28)30)27-21-10-7-8-11-22(21)31-4/h7-8,10-13,17,27H,5-6,9,14-16H2,1-4H3. The lowest BCUT2D eigenvalue weighted by molar-refractivity contribution is -0.137. The summed E-state index contributed by atoms with van der Waals surface area (Å²) in [6, 6.07) is 13.2. The van der Waals surface area contributed by atoms with Gasteiger partial charge in [-0.05, 0) is 49.9 Å². The van der Waals surface area contributed by atoms with Gasteiger partial charge in [0.05, 0.1) is 18.4 Å². The number of benzene rings is 2. The fourth-order valence-electron chi connectivity index (χ4n) is 3.79. The highest BCUT2D eigenvalue weighted by atomic mass is 16.5. The maximum absolute atomic E-state index is 13.4. The third-order valence-electron chi connectivity index (χ3n) is 5.50. The van der Waals surface area contributed by atoms with E-state index in [4.69, 9.17) is 9.47 Å². The second-order valence-electron chi connectivity index (χ2n) is 7.98. The predicted molar refractivity (Wildman–Crippen MR) is 127 cm³/mol. The number of para-hydroxylation sites is 2. The van der Waals surface area contributed by atoms with Crippen molar-refractivity contribution >= 4 is 23.1 Å². The fraction of sp³-hybridized carbons (Fsp3) is 0.385. The van der Waals surface area contributed by atoms with E-state index in [0.29, 0.717) is 43.2 Å². The van der Waals surface area contributed by atoms with Gasteiger partial charge in [-0.3, -0.25) is 14.5 Å². The maximum Gasteiger partial charge on any atom is 0.278 e. The van der Waals surface area contributed by atoms with Crippen LogP contribution >= 0.6 is 0 Å². The SMILES string of the molecule is CCCCOCCCN1C(=O)C(Nc2ccccc2OC)=C(c2ccc(C)cc2C)C1=O. The third kappa shape index (κ3) is 5.19. The molecule has 0 bridgehead atoms. The zero-order valence-electron chi connectivity index (χ0n) is 19.4. The Bertz CT molecular complexity index is 1010. The van der Waals surface area contributed by atoms with Crippen molar-refractivity contribution < 1.29 is 19.1 Å². The van der Waals surface area contributed by atoms with Crippen molar-refractivity contribution in [3.8, 4) is 5.75 Å². The molecule has 2 aromatic rings. The summed E-state index contributed by atoms with van der Waals surface area (Å²) in [5, 5.41) is 3.19. The number of nitrogens with one attached hydrogen (secondary N) is 1. The molecule has 1 N–H and O–H groups in total. The molecule has 2 aromatic carbocycles. The van der Waals surface area contributed by atoms with E-state index in [1.807, 2.05) is 56.3 Å². The number of carbonyl (C=O) groups is 2. The summed E-state index contributed by atoms with van der Waals surface area (Å²) in [6.45, 7) is 7.61. The van der Waals surface area contributed by atoms with Crippen molar-refractivity contribution in [3.05, 3.63) is 64.9 Å². The number of methoxy groups -OCH3 is 1. The number of imide groups is 1. The molecule has 0 unspecified atom stereocenters. The molecule has 0 aromatic heterocycles. The Hall–Kier alpha value is -3.12. The Labute approximate surface area is 190 Å². The molecule has 1 heterocycles. The summed E-state index contributed by atoms with van der Waals surface area (Å²) in [5.41, 5.74) is 4.11. The van der Waals surface area contributed by atoms with Crippen LogP contribution in [-0.4, -0.2) is 43.6 Å². The summed E-state index contributed by atoms with van der Waals surface area (Å²) in [4.78, 5) is 28.1. The Morgan fingerprint density at radius 2 is 1.72 bits per heavy atom. The topological polar surface area (TPSA) is 67.9 Å². The van der Waals surface area contributed by atoms with Gasteiger partial charge in [0.2, 0.25) is 0 Å². The van der Waals surface area contributed by atoms with Gasteiger partial charge < -0.3 is 14.8 Å². The van der Waals surface area contributed by atoms with Crippen LogP contribution in [0, 0.1) is 13.8 Å². The summed E-state index contributed by atoms with van der Waals surface area (Å²) < 4.78 is 11.0. The second-order valence-corrected chi connectivity index (χ2v) is 7.98. The Morgan fingerprint density at radius 3 is 2.44 bits per heavy atom. The number of unbranched alkanes of at least 4 members (excludes halogenated alkanes) is 1. The Kier molecular flexibility index (Phi) is 8.06. The first-order valence-corrected chi connectivity index (χ1v) is 11.1. The molecule has 6 nitrogen and oxygen atoms in total. The average Bonchev–Trinajstić information content (AvgIpc) is 3.00. The van der Waals surface area contributed by atoms with Crippen LogP contribution in [0.2, 0.25) is 0 Å². The van der Waals surface area contributed by atoms with Crippen LogP contribution < -0.4 is 10.1 Å². The van der Waals surface area contributed by atoms with Gasteiger partial charge in [0.1, 0.15) is 11.4 Å². The first-order chi connectivity index (χ1) is 15.5. The lowest BCUT2D eigenvalue weighted by atomic mass is 9.97. The smallest absolute Gasteiger partial charge is 0.278 e. The van der Waals surface area contributed by atoms with Crippen LogP contribution in [0.15, 0.2) is 48.2 Å². The lowest BCUT2D eigenvalue weighted by Gasteiger charge is -2.16. The fourth-order valence-corrected chi connectivity index (χ4v) is 3.79. The predicted octanol–water partition coefficient (Wildman–Crippen LogP) is 4.71. The van der Waals surface area contributed by atoms with Crippen molar-refractivity contribution in [1.82, 2.24) is 4.90 Å². The van der Waals surface area contributed by atoms with Crippen LogP contribution in [0.3, 0.4) is 0 Å². The number of rotatable bonds is 11. The summed E-state index contributed by atoms with van der Waals surface area (Å²) >= 11 is 0. The van der Waals surface area contributed by atoms with E-state index in [0.717, 1.165) is 29.5 Å². The second kappa shape index (κ2) is 11.0. The van der Waals surface area contributed by atoms with Gasteiger partial charge in [-0.1, -0.05) is 49.2 Å². The average molecular weight is 437 g/mol. The van der Waals surface area contributed by atoms with Crippen molar-refractivity contribution in [2.24, 2.45) is 0 Å². The van der Waals surface area contributed by atoms with E-state index < -0.39 is 0 Å². The van der Waals surface area contributed by atoms with Gasteiger partial charge in [-0.15, -0.1) is 0 Å². The highest BCUT2D eigenvalue weighted by Crippen LogP contribution is 2.34. The monoisotopic (exact) mass is 436 g/mol. The number of ether oxygens (including phenoxy) is 2. The number of aryl methyl sites for hydroxylation is 2. The lowest BCUT2D eigenvalue weighted by Crippen LogP contribution is -2.34. The third-order valence-corrected chi connectivity index (χ3v) is 5.50. The maximum atomic E-state index is 13.4. The van der Waals surface area contributed by atoms with E-state index in [-0.39, 0.29) is 17.5 Å². The molecular formula is C26H32N2O4. The summed E-state index contributed by atoms with van der Waals surface area (Å²) in [5.74, 6) is -0.0136. The van der Waals surface area contributed by atoms with Crippen molar-refractivity contribution in [1.29, 1.82) is 0 Å². The molecule has 0 radical (unpaired) electrons. The first kappa shape index (κ1) is 23.5. The molecule has 1 aliphatic rings. The zero-order valence-corrected chi connectivity index (χ0v) is 19.4. The first-order valence-electron chi connectivity index (χ1n) is 11.1. The van der Waals surface area contributed by atoms with E-state index in [9.17, 15) is 9.59 Å². The van der Waals surface area contributed by atoms with Crippen LogP contribution in [0.1, 0.15) is 42.9 Å². The zero-order chi connectivity index (χ0) is 23.1. The van der Waals surface area contributed by atoms with Gasteiger partial charge in [-0.25, -0.2) is 0 Å². The molecule has 6 heteroatoms. The Morgan fingerprint density at radius 1 is 0.969 bits per heavy atom. The number of carbonyl (C=O) groups excluding carboxylic acids is 2. The number of hydrogen-bond acceptors (Lipinski definition) is 5. The molecule has 0 atom stereocenters. The summed E-state index contributed by atoms with van der Waals surface area (Å²) in [7, 11) is 1.58. The Balaban J connectivity index is 1.90. The largest absolute Gasteiger partial charge is 0.495 e. The van der Waals surface area contributed by atoms with Crippen LogP contribution in [0.25, 0.3) is 5.57 Å². The molecule has 0 saturated heterocycles. The molecule has 0 spiro atoms. The molecular weight excluding hydrogens is 404 g/mol. The van der Waals surface area contributed by atoms with Crippen LogP contribution in [0.5, 0.6) is 5.75 Å². The normalized spacial score (nSPS) is 13.8. The summed E-state index contributed by atoms with van der Waals surface area (Å²) in [6.07, 6.45) is 2.68. The number of anilines is 1.